The van der Waals surface area contributed by atoms with Crippen LogP contribution in [0.1, 0.15) is 23.4 Å². The Morgan fingerprint density at radius 3 is 3.06 bits per heavy atom. The maximum atomic E-state index is 11.8. The van der Waals surface area contributed by atoms with Crippen molar-refractivity contribution in [2.24, 2.45) is 0 Å². The number of aryl methyl sites for hydroxylation is 1. The molecule has 0 aliphatic carbocycles. The van der Waals surface area contributed by atoms with E-state index >= 15 is 0 Å². The Kier molecular flexibility index (Phi) is 3.48. The summed E-state index contributed by atoms with van der Waals surface area (Å²) >= 11 is 1.35. The lowest BCUT2D eigenvalue weighted by atomic mass is 10.2. The van der Waals surface area contributed by atoms with Crippen molar-refractivity contribution in [3.8, 4) is 0 Å². The molecular weight excluding hydrogens is 258 g/mol. The number of carbonyl (C=O) groups is 1. The third-order valence-electron chi connectivity index (χ3n) is 2.78. The van der Waals surface area contributed by atoms with Crippen LogP contribution in [0, 0.1) is 11.7 Å². The van der Waals surface area contributed by atoms with E-state index in [0.717, 1.165) is 10.6 Å². The number of aromatic nitrogens is 1. The van der Waals surface area contributed by atoms with Gasteiger partial charge in [-0.05, 0) is 37.4 Å². The molecule has 0 saturated carbocycles. The Balaban J connectivity index is 1.94. The first-order chi connectivity index (χ1) is 7.99. The third kappa shape index (κ3) is 2.84. The second kappa shape index (κ2) is 4.73. The summed E-state index contributed by atoms with van der Waals surface area (Å²) in [4.78, 5) is 12.8. The molecular formula is C10H15N3O2S2. The second-order valence-electron chi connectivity index (χ2n) is 4.21. The highest BCUT2D eigenvalue weighted by molar-refractivity contribution is 7.94. The van der Waals surface area contributed by atoms with E-state index in [4.69, 9.17) is 4.78 Å². The molecule has 1 saturated heterocycles. The number of nitrogens with one attached hydrogen (secondary N) is 2. The SMILES string of the molecule is Cc1cc(CNC(=O)C2CCCS2(=N)=O)sn1. The average molecular weight is 273 g/mol. The van der Waals surface area contributed by atoms with Crippen molar-refractivity contribution >= 4 is 27.2 Å². The minimum atomic E-state index is -2.71. The summed E-state index contributed by atoms with van der Waals surface area (Å²) in [5, 5.41) is 2.11. The zero-order chi connectivity index (χ0) is 12.5. The van der Waals surface area contributed by atoms with Gasteiger partial charge in [0.25, 0.3) is 0 Å². The van der Waals surface area contributed by atoms with E-state index in [1.807, 2.05) is 13.0 Å². The molecule has 1 aliphatic rings. The number of amides is 1. The van der Waals surface area contributed by atoms with Crippen LogP contribution in [0.2, 0.25) is 0 Å². The van der Waals surface area contributed by atoms with Crippen molar-refractivity contribution in [1.29, 1.82) is 4.78 Å². The summed E-state index contributed by atoms with van der Waals surface area (Å²) in [6, 6.07) is 1.91. The molecule has 0 aromatic carbocycles. The number of hydrogen-bond donors (Lipinski definition) is 2. The van der Waals surface area contributed by atoms with E-state index < -0.39 is 15.0 Å². The van der Waals surface area contributed by atoms with E-state index in [9.17, 15) is 9.00 Å². The van der Waals surface area contributed by atoms with Crippen molar-refractivity contribution in [2.45, 2.75) is 31.6 Å². The molecule has 2 atom stereocenters. The van der Waals surface area contributed by atoms with Gasteiger partial charge >= 0.3 is 0 Å². The van der Waals surface area contributed by atoms with Gasteiger partial charge in [0.05, 0.1) is 22.0 Å². The van der Waals surface area contributed by atoms with Crippen LogP contribution in [0.15, 0.2) is 6.07 Å². The molecule has 0 radical (unpaired) electrons. The van der Waals surface area contributed by atoms with Crippen LogP contribution in [0.3, 0.4) is 0 Å². The van der Waals surface area contributed by atoms with Gasteiger partial charge in [-0.1, -0.05) is 0 Å². The fraction of sp³-hybridized carbons (Fsp3) is 0.600. The van der Waals surface area contributed by atoms with E-state index in [-0.39, 0.29) is 5.91 Å². The molecule has 1 aliphatic heterocycles. The Labute approximate surface area is 105 Å². The van der Waals surface area contributed by atoms with Gasteiger partial charge in [-0.15, -0.1) is 0 Å². The Bertz CT molecular complexity index is 521. The maximum Gasteiger partial charge on any atom is 0.236 e. The minimum absolute atomic E-state index is 0.256. The molecule has 1 aromatic rings. The molecule has 1 fully saturated rings. The monoisotopic (exact) mass is 273 g/mol. The molecule has 0 spiro atoms. The van der Waals surface area contributed by atoms with Gasteiger partial charge in [0, 0.05) is 10.6 Å². The van der Waals surface area contributed by atoms with Gasteiger partial charge in [-0.25, -0.2) is 4.21 Å². The predicted octanol–water partition coefficient (Wildman–Crippen LogP) is 1.28. The summed E-state index contributed by atoms with van der Waals surface area (Å²) in [5.74, 6) is 0.0960. The number of hydrogen-bond acceptors (Lipinski definition) is 5. The molecule has 0 bridgehead atoms. The predicted molar refractivity (Wildman–Crippen MR) is 67.4 cm³/mol. The zero-order valence-corrected chi connectivity index (χ0v) is 11.2. The van der Waals surface area contributed by atoms with Crippen LogP contribution in [-0.4, -0.2) is 25.5 Å². The van der Waals surface area contributed by atoms with Crippen LogP contribution in [-0.2, 0) is 21.1 Å². The smallest absolute Gasteiger partial charge is 0.236 e. The lowest BCUT2D eigenvalue weighted by molar-refractivity contribution is -0.120. The molecule has 2 N–H and O–H groups in total. The van der Waals surface area contributed by atoms with Gasteiger partial charge in [0.15, 0.2) is 0 Å². The average Bonchev–Trinajstić information content (AvgIpc) is 2.81. The number of rotatable bonds is 3. The van der Waals surface area contributed by atoms with Crippen LogP contribution in [0.5, 0.6) is 0 Å². The van der Waals surface area contributed by atoms with Crippen LogP contribution < -0.4 is 5.32 Å². The van der Waals surface area contributed by atoms with Crippen LogP contribution in [0.4, 0.5) is 0 Å². The summed E-state index contributed by atoms with van der Waals surface area (Å²) in [6.07, 6.45) is 1.27. The molecule has 17 heavy (non-hydrogen) atoms. The van der Waals surface area contributed by atoms with Gasteiger partial charge in [0.2, 0.25) is 5.91 Å². The molecule has 2 rings (SSSR count). The van der Waals surface area contributed by atoms with Gasteiger partial charge < -0.3 is 5.32 Å². The van der Waals surface area contributed by atoms with Crippen molar-refractivity contribution in [1.82, 2.24) is 9.69 Å². The highest BCUT2D eigenvalue weighted by atomic mass is 32.2. The number of nitrogens with zero attached hydrogens (tertiary/aromatic N) is 1. The molecule has 94 valence electrons. The minimum Gasteiger partial charge on any atom is -0.350 e. The van der Waals surface area contributed by atoms with E-state index in [0.29, 0.717) is 25.1 Å². The Hall–Kier alpha value is -0.950. The molecule has 1 aromatic heterocycles. The van der Waals surface area contributed by atoms with E-state index in [1.165, 1.54) is 11.5 Å². The van der Waals surface area contributed by atoms with Gasteiger partial charge in [-0.3, -0.25) is 9.57 Å². The largest absolute Gasteiger partial charge is 0.350 e. The first kappa shape index (κ1) is 12.5. The second-order valence-corrected chi connectivity index (χ2v) is 7.53. The van der Waals surface area contributed by atoms with E-state index in [1.54, 1.807) is 0 Å². The molecule has 2 unspecified atom stereocenters. The van der Waals surface area contributed by atoms with Crippen LogP contribution >= 0.6 is 11.5 Å². The third-order valence-corrected chi connectivity index (χ3v) is 5.92. The van der Waals surface area contributed by atoms with Gasteiger partial charge in [-0.2, -0.15) is 4.37 Å². The van der Waals surface area contributed by atoms with Gasteiger partial charge in [0.1, 0.15) is 5.25 Å². The van der Waals surface area contributed by atoms with Crippen molar-refractivity contribution in [2.75, 3.05) is 5.75 Å². The summed E-state index contributed by atoms with van der Waals surface area (Å²) in [5.41, 5.74) is 0.935. The lowest BCUT2D eigenvalue weighted by Gasteiger charge is -2.11. The summed E-state index contributed by atoms with van der Waals surface area (Å²) in [7, 11) is -2.71. The quantitative estimate of drug-likeness (QED) is 0.870. The summed E-state index contributed by atoms with van der Waals surface area (Å²) in [6.45, 7) is 2.31. The lowest BCUT2D eigenvalue weighted by Crippen LogP contribution is -2.36. The molecule has 1 amide bonds. The molecule has 5 nitrogen and oxygen atoms in total. The Morgan fingerprint density at radius 2 is 2.53 bits per heavy atom. The first-order valence-corrected chi connectivity index (χ1v) is 8.00. The topological polar surface area (TPSA) is 82.9 Å². The normalized spacial score (nSPS) is 28.2. The fourth-order valence-corrected chi connectivity index (χ4v) is 4.44. The highest BCUT2D eigenvalue weighted by Gasteiger charge is 2.33. The van der Waals surface area contributed by atoms with Crippen molar-refractivity contribution in [3.63, 3.8) is 0 Å². The highest BCUT2D eigenvalue weighted by Crippen LogP contribution is 2.21. The standard InChI is InChI=1S/C10H15N3O2S2/c1-7-5-8(16-13-7)6-12-10(14)9-3-2-4-17(9,11)15/h5,9,11H,2-4,6H2,1H3,(H,12,14). The van der Waals surface area contributed by atoms with Crippen molar-refractivity contribution < 1.29 is 9.00 Å². The zero-order valence-electron chi connectivity index (χ0n) is 9.56. The molecule has 7 heteroatoms. The summed E-state index contributed by atoms with van der Waals surface area (Å²) < 4.78 is 23.5. The number of carbonyl (C=O) groups excluding carboxylic acids is 1. The molecule has 2 heterocycles. The van der Waals surface area contributed by atoms with Crippen LogP contribution in [0.25, 0.3) is 0 Å². The fourth-order valence-electron chi connectivity index (χ4n) is 1.91. The maximum absolute atomic E-state index is 11.8. The first-order valence-electron chi connectivity index (χ1n) is 5.44. The van der Waals surface area contributed by atoms with Crippen molar-refractivity contribution in [3.05, 3.63) is 16.6 Å². The Morgan fingerprint density at radius 1 is 1.76 bits per heavy atom. The van der Waals surface area contributed by atoms with E-state index in [2.05, 4.69) is 9.69 Å².